The minimum atomic E-state index is -0.925. The van der Waals surface area contributed by atoms with Crippen LogP contribution in [0.2, 0.25) is 0 Å². The number of carbonyl (C=O) groups is 1. The minimum Gasteiger partial charge on any atom is -0.481 e. The van der Waals surface area contributed by atoms with Gasteiger partial charge < -0.3 is 9.84 Å². The van der Waals surface area contributed by atoms with Gasteiger partial charge in [0.1, 0.15) is 6.61 Å². The van der Waals surface area contributed by atoms with Crippen LogP contribution in [-0.4, -0.2) is 36.9 Å². The zero-order chi connectivity index (χ0) is 14.0. The topological polar surface area (TPSA) is 90.1 Å². The van der Waals surface area contributed by atoms with Gasteiger partial charge in [0.25, 0.3) is 0 Å². The highest BCUT2D eigenvalue weighted by atomic mass is 16.5. The lowest BCUT2D eigenvalue weighted by molar-refractivity contribution is -0.147. The predicted molar refractivity (Wildman–Crippen MR) is 63.8 cm³/mol. The number of nitrogens with zero attached hydrogens (tertiary/aromatic N) is 4. The number of carboxylic acid groups (broad SMARTS) is 1. The normalized spacial score (nSPS) is 12.7. The van der Waals surface area contributed by atoms with E-state index < -0.39 is 11.4 Å². The Bertz CT molecular complexity index is 420. The van der Waals surface area contributed by atoms with Crippen LogP contribution in [0.4, 0.5) is 0 Å². The van der Waals surface area contributed by atoms with Crippen molar-refractivity contribution in [2.75, 3.05) is 0 Å². The number of ether oxygens (including phenoxy) is 1. The summed E-state index contributed by atoms with van der Waals surface area (Å²) in [6, 6.07) is 0. The summed E-state index contributed by atoms with van der Waals surface area (Å²) in [5.41, 5.74) is -1.22. The second-order valence-electron chi connectivity index (χ2n) is 5.84. The van der Waals surface area contributed by atoms with E-state index in [0.29, 0.717) is 5.82 Å². The fourth-order valence-electron chi connectivity index (χ4n) is 1.17. The first-order valence-electron chi connectivity index (χ1n) is 5.74. The molecule has 0 unspecified atom stereocenters. The van der Waals surface area contributed by atoms with E-state index in [-0.39, 0.29) is 18.8 Å². The third kappa shape index (κ3) is 4.06. The van der Waals surface area contributed by atoms with E-state index in [1.165, 1.54) is 4.68 Å². The van der Waals surface area contributed by atoms with Gasteiger partial charge in [-0.15, -0.1) is 5.10 Å². The summed E-state index contributed by atoms with van der Waals surface area (Å²) in [6.07, 6.45) is 0. The molecule has 0 spiro atoms. The van der Waals surface area contributed by atoms with Crippen LogP contribution in [0.5, 0.6) is 0 Å². The quantitative estimate of drug-likeness (QED) is 0.848. The van der Waals surface area contributed by atoms with E-state index in [2.05, 4.69) is 15.5 Å². The van der Waals surface area contributed by atoms with Crippen LogP contribution in [-0.2, 0) is 22.7 Å². The van der Waals surface area contributed by atoms with Gasteiger partial charge in [0.2, 0.25) is 0 Å². The second-order valence-corrected chi connectivity index (χ2v) is 5.84. The molecule has 18 heavy (non-hydrogen) atoms. The molecule has 1 rings (SSSR count). The van der Waals surface area contributed by atoms with Crippen LogP contribution in [0.1, 0.15) is 40.4 Å². The van der Waals surface area contributed by atoms with Crippen molar-refractivity contribution >= 4 is 5.97 Å². The fraction of sp³-hybridized carbons (Fsp3) is 0.818. The van der Waals surface area contributed by atoms with Crippen molar-refractivity contribution in [1.29, 1.82) is 0 Å². The van der Waals surface area contributed by atoms with Crippen LogP contribution in [0.3, 0.4) is 0 Å². The standard InChI is InChI=1S/C11H20N4O3/c1-10(2,3)18-6-8-12-13-14-15(8)7-11(4,5)9(16)17/h6-7H2,1-5H3,(H,16,17). The van der Waals surface area contributed by atoms with Crippen molar-refractivity contribution in [2.24, 2.45) is 5.41 Å². The first-order chi connectivity index (χ1) is 8.12. The van der Waals surface area contributed by atoms with Gasteiger partial charge in [0.05, 0.1) is 17.6 Å². The maximum atomic E-state index is 11.1. The summed E-state index contributed by atoms with van der Waals surface area (Å²) in [5.74, 6) is -0.361. The smallest absolute Gasteiger partial charge is 0.310 e. The third-order valence-corrected chi connectivity index (χ3v) is 2.36. The Kier molecular flexibility index (Phi) is 4.05. The number of carboxylic acids is 1. The largest absolute Gasteiger partial charge is 0.481 e. The third-order valence-electron chi connectivity index (χ3n) is 2.36. The highest BCUT2D eigenvalue weighted by molar-refractivity contribution is 5.73. The van der Waals surface area contributed by atoms with Crippen LogP contribution < -0.4 is 0 Å². The van der Waals surface area contributed by atoms with Gasteiger partial charge in [-0.25, -0.2) is 4.68 Å². The molecule has 0 fully saturated rings. The predicted octanol–water partition coefficient (Wildman–Crippen LogP) is 1.10. The van der Waals surface area contributed by atoms with Crippen molar-refractivity contribution < 1.29 is 14.6 Å². The summed E-state index contributed by atoms with van der Waals surface area (Å²) in [4.78, 5) is 11.1. The first kappa shape index (κ1) is 14.6. The molecule has 0 amide bonds. The highest BCUT2D eigenvalue weighted by Crippen LogP contribution is 2.19. The SMILES string of the molecule is CC(C)(C)OCc1nnnn1CC(C)(C)C(=O)O. The van der Waals surface area contributed by atoms with Crippen molar-refractivity contribution in [3.8, 4) is 0 Å². The molecule has 102 valence electrons. The Morgan fingerprint density at radius 1 is 1.33 bits per heavy atom. The summed E-state index contributed by atoms with van der Waals surface area (Å²) < 4.78 is 7.05. The van der Waals surface area contributed by atoms with Gasteiger partial charge in [-0.05, 0) is 45.0 Å². The number of rotatable bonds is 5. The van der Waals surface area contributed by atoms with Crippen LogP contribution >= 0.6 is 0 Å². The summed E-state index contributed by atoms with van der Waals surface area (Å²) in [5, 5.41) is 20.3. The van der Waals surface area contributed by atoms with Gasteiger partial charge in [0.15, 0.2) is 5.82 Å². The molecule has 0 saturated carbocycles. The Labute approximate surface area is 106 Å². The number of tetrazole rings is 1. The van der Waals surface area contributed by atoms with Crippen molar-refractivity contribution in [3.05, 3.63) is 5.82 Å². The molecule has 1 N–H and O–H groups in total. The zero-order valence-electron chi connectivity index (χ0n) is 11.5. The molecular weight excluding hydrogens is 236 g/mol. The average Bonchev–Trinajstić information content (AvgIpc) is 2.60. The van der Waals surface area contributed by atoms with Crippen molar-refractivity contribution in [3.63, 3.8) is 0 Å². The molecule has 7 nitrogen and oxygen atoms in total. The number of hydrogen-bond donors (Lipinski definition) is 1. The van der Waals surface area contributed by atoms with E-state index in [0.717, 1.165) is 0 Å². The van der Waals surface area contributed by atoms with Crippen molar-refractivity contribution in [2.45, 2.75) is 53.4 Å². The molecule has 0 aromatic carbocycles. The maximum absolute atomic E-state index is 11.1. The fourth-order valence-corrected chi connectivity index (χ4v) is 1.17. The van der Waals surface area contributed by atoms with E-state index in [4.69, 9.17) is 9.84 Å². The Morgan fingerprint density at radius 3 is 2.44 bits per heavy atom. The maximum Gasteiger partial charge on any atom is 0.310 e. The van der Waals surface area contributed by atoms with Crippen LogP contribution in [0.15, 0.2) is 0 Å². The van der Waals surface area contributed by atoms with E-state index in [1.807, 2.05) is 20.8 Å². The van der Waals surface area contributed by atoms with E-state index in [1.54, 1.807) is 13.8 Å². The molecule has 0 aliphatic carbocycles. The lowest BCUT2D eigenvalue weighted by atomic mass is 9.94. The molecule has 1 aromatic heterocycles. The summed E-state index contributed by atoms with van der Waals surface area (Å²) in [7, 11) is 0. The highest BCUT2D eigenvalue weighted by Gasteiger charge is 2.29. The van der Waals surface area contributed by atoms with Gasteiger partial charge in [0, 0.05) is 0 Å². The monoisotopic (exact) mass is 256 g/mol. The van der Waals surface area contributed by atoms with Gasteiger partial charge in [-0.3, -0.25) is 4.79 Å². The molecule has 1 heterocycles. The van der Waals surface area contributed by atoms with Gasteiger partial charge in [-0.2, -0.15) is 0 Å². The van der Waals surface area contributed by atoms with E-state index in [9.17, 15) is 4.79 Å². The van der Waals surface area contributed by atoms with Crippen molar-refractivity contribution in [1.82, 2.24) is 20.2 Å². The molecule has 1 aromatic rings. The van der Waals surface area contributed by atoms with Crippen LogP contribution in [0.25, 0.3) is 0 Å². The molecule has 0 aliphatic rings. The molecule has 0 saturated heterocycles. The number of hydrogen-bond acceptors (Lipinski definition) is 5. The van der Waals surface area contributed by atoms with E-state index >= 15 is 0 Å². The zero-order valence-corrected chi connectivity index (χ0v) is 11.5. The summed E-state index contributed by atoms with van der Waals surface area (Å²) in [6.45, 7) is 9.52. The first-order valence-corrected chi connectivity index (χ1v) is 5.74. The average molecular weight is 256 g/mol. The molecule has 0 atom stereocenters. The lowest BCUT2D eigenvalue weighted by Crippen LogP contribution is -2.31. The van der Waals surface area contributed by atoms with Crippen LogP contribution in [0, 0.1) is 5.41 Å². The minimum absolute atomic E-state index is 0.207. The molecule has 7 heteroatoms. The lowest BCUT2D eigenvalue weighted by Gasteiger charge is -2.21. The molecule has 0 radical (unpaired) electrons. The molecular formula is C11H20N4O3. The van der Waals surface area contributed by atoms with Gasteiger partial charge >= 0.3 is 5.97 Å². The molecule has 0 bridgehead atoms. The number of aromatic nitrogens is 4. The van der Waals surface area contributed by atoms with Gasteiger partial charge in [-0.1, -0.05) is 0 Å². The Balaban J connectivity index is 2.74. The Morgan fingerprint density at radius 2 is 1.94 bits per heavy atom. The second kappa shape index (κ2) is 5.01. The summed E-state index contributed by atoms with van der Waals surface area (Å²) >= 11 is 0. The Hall–Kier alpha value is -1.50. The molecule has 0 aliphatic heterocycles. The number of aliphatic carboxylic acids is 1.